The highest BCUT2D eigenvalue weighted by Gasteiger charge is 2.33. The number of hydrogen-bond donors (Lipinski definition) is 3. The maximum Gasteiger partial charge on any atom is 0.227 e. The largest absolute Gasteiger partial charge is 0.393 e. The third kappa shape index (κ3) is 3.23. The Balaban J connectivity index is 1.62. The number of amides is 1. The maximum absolute atomic E-state index is 13.1. The number of carbonyl (C=O) groups excluding carboxylic acids is 1. The van der Waals surface area contributed by atoms with Gasteiger partial charge in [-0.1, -0.05) is 0 Å². The van der Waals surface area contributed by atoms with Crippen LogP contribution in [0.4, 0.5) is 21.5 Å². The van der Waals surface area contributed by atoms with Crippen LogP contribution in [0.15, 0.2) is 54.9 Å². The van der Waals surface area contributed by atoms with Gasteiger partial charge in [-0.3, -0.25) is 9.78 Å². The molecule has 1 aliphatic rings. The predicted molar refractivity (Wildman–Crippen MR) is 98.8 cm³/mol. The molecule has 5 nitrogen and oxygen atoms in total. The van der Waals surface area contributed by atoms with Crippen LogP contribution in [0.2, 0.25) is 0 Å². The van der Waals surface area contributed by atoms with E-state index >= 15 is 0 Å². The van der Waals surface area contributed by atoms with E-state index < -0.39 is 0 Å². The molecule has 0 radical (unpaired) electrons. The maximum atomic E-state index is 13.1. The van der Waals surface area contributed by atoms with E-state index in [0.29, 0.717) is 18.5 Å². The lowest BCUT2D eigenvalue weighted by Crippen LogP contribution is -2.37. The summed E-state index contributed by atoms with van der Waals surface area (Å²) in [5.41, 5.74) is 2.29. The number of halogens is 1. The number of aromatic nitrogens is 1. The van der Waals surface area contributed by atoms with Crippen molar-refractivity contribution in [1.82, 2.24) is 4.98 Å². The van der Waals surface area contributed by atoms with Gasteiger partial charge >= 0.3 is 0 Å². The van der Waals surface area contributed by atoms with Crippen molar-refractivity contribution in [2.24, 2.45) is 5.92 Å². The summed E-state index contributed by atoms with van der Waals surface area (Å²) in [7, 11) is 0. The van der Waals surface area contributed by atoms with Crippen LogP contribution < -0.4 is 10.6 Å². The van der Waals surface area contributed by atoms with Crippen molar-refractivity contribution < 1.29 is 14.3 Å². The van der Waals surface area contributed by atoms with Crippen LogP contribution in [-0.4, -0.2) is 22.1 Å². The van der Waals surface area contributed by atoms with Gasteiger partial charge < -0.3 is 15.7 Å². The Kier molecular flexibility index (Phi) is 4.26. The second kappa shape index (κ2) is 6.72. The molecule has 0 aliphatic heterocycles. The minimum Gasteiger partial charge on any atom is -0.393 e. The number of aliphatic hydroxyl groups excluding tert-OH is 1. The molecule has 2 aromatic carbocycles. The van der Waals surface area contributed by atoms with Crippen LogP contribution in [0.25, 0.3) is 10.8 Å². The zero-order chi connectivity index (χ0) is 18.1. The van der Waals surface area contributed by atoms with Crippen molar-refractivity contribution in [3.05, 3.63) is 60.7 Å². The molecule has 0 atom stereocenters. The molecule has 0 unspecified atom stereocenters. The quantitative estimate of drug-likeness (QED) is 0.668. The molecular weight excluding hydrogens is 333 g/mol. The first-order valence-electron chi connectivity index (χ1n) is 8.48. The smallest absolute Gasteiger partial charge is 0.227 e. The number of pyridine rings is 1. The van der Waals surface area contributed by atoms with E-state index in [1.54, 1.807) is 24.5 Å². The highest BCUT2D eigenvalue weighted by atomic mass is 19.1. The van der Waals surface area contributed by atoms with E-state index in [1.807, 2.05) is 18.2 Å². The normalized spacial score (nSPS) is 19.0. The number of hydrogen-bond acceptors (Lipinski definition) is 4. The Hall–Kier alpha value is -2.99. The van der Waals surface area contributed by atoms with Crippen LogP contribution in [0.3, 0.4) is 0 Å². The van der Waals surface area contributed by atoms with Gasteiger partial charge in [-0.25, -0.2) is 4.39 Å². The first-order valence-corrected chi connectivity index (χ1v) is 8.48. The average molecular weight is 351 g/mol. The monoisotopic (exact) mass is 351 g/mol. The van der Waals surface area contributed by atoms with Crippen LogP contribution in [-0.2, 0) is 4.79 Å². The summed E-state index contributed by atoms with van der Waals surface area (Å²) in [6, 6.07) is 11.7. The van der Waals surface area contributed by atoms with Gasteiger partial charge in [0.1, 0.15) is 5.82 Å². The van der Waals surface area contributed by atoms with Gasteiger partial charge in [-0.2, -0.15) is 0 Å². The molecule has 6 heteroatoms. The highest BCUT2D eigenvalue weighted by Crippen LogP contribution is 2.33. The molecule has 26 heavy (non-hydrogen) atoms. The molecule has 4 rings (SSSR count). The lowest BCUT2D eigenvalue weighted by Gasteiger charge is -2.30. The van der Waals surface area contributed by atoms with Crippen LogP contribution >= 0.6 is 0 Å². The molecule has 1 amide bonds. The second-order valence-corrected chi connectivity index (χ2v) is 6.53. The fourth-order valence-corrected chi connectivity index (χ4v) is 3.13. The van der Waals surface area contributed by atoms with Gasteiger partial charge in [0, 0.05) is 40.5 Å². The third-order valence-electron chi connectivity index (χ3n) is 4.68. The first kappa shape index (κ1) is 16.5. The fraction of sp³-hybridized carbons (Fsp3) is 0.200. The third-order valence-corrected chi connectivity index (χ3v) is 4.68. The summed E-state index contributed by atoms with van der Waals surface area (Å²) in [6.07, 6.45) is 4.03. The van der Waals surface area contributed by atoms with Gasteiger partial charge in [-0.05, 0) is 55.3 Å². The molecular formula is C20H18FN3O2. The number of nitrogens with zero attached hydrogens (tertiary/aromatic N) is 1. The Morgan fingerprint density at radius 2 is 1.77 bits per heavy atom. The number of nitrogens with one attached hydrogen (secondary N) is 2. The van der Waals surface area contributed by atoms with E-state index in [-0.39, 0.29) is 23.7 Å². The standard InChI is InChI=1S/C20H18FN3O2/c21-13-1-3-14(4-2-13)23-18-5-6-19(17-11-22-8-7-16(17)18)24-20(26)12-9-15(25)10-12/h1-8,11-12,15,23,25H,9-10H2,(H,24,26). The highest BCUT2D eigenvalue weighted by molar-refractivity contribution is 6.07. The van der Waals surface area contributed by atoms with Gasteiger partial charge in [0.2, 0.25) is 5.91 Å². The fourth-order valence-electron chi connectivity index (χ4n) is 3.13. The number of carbonyl (C=O) groups is 1. The molecule has 1 aromatic heterocycles. The number of rotatable bonds is 4. The molecule has 1 heterocycles. The van der Waals surface area contributed by atoms with E-state index in [9.17, 15) is 14.3 Å². The topological polar surface area (TPSA) is 74.2 Å². The van der Waals surface area contributed by atoms with Crippen molar-refractivity contribution in [1.29, 1.82) is 0 Å². The molecule has 1 aliphatic carbocycles. The number of benzene rings is 2. The first-order chi connectivity index (χ1) is 12.6. The molecule has 0 spiro atoms. The summed E-state index contributed by atoms with van der Waals surface area (Å²) >= 11 is 0. The molecule has 3 aromatic rings. The summed E-state index contributed by atoms with van der Waals surface area (Å²) in [4.78, 5) is 16.5. The van der Waals surface area contributed by atoms with E-state index in [2.05, 4.69) is 15.6 Å². The van der Waals surface area contributed by atoms with Crippen LogP contribution in [0.5, 0.6) is 0 Å². The molecule has 3 N–H and O–H groups in total. The molecule has 1 fully saturated rings. The van der Waals surface area contributed by atoms with Crippen molar-refractivity contribution in [2.75, 3.05) is 10.6 Å². The zero-order valence-electron chi connectivity index (χ0n) is 13.9. The number of aliphatic hydroxyl groups is 1. The van der Waals surface area contributed by atoms with Crippen LogP contribution in [0, 0.1) is 11.7 Å². The minimum absolute atomic E-state index is 0.0836. The zero-order valence-corrected chi connectivity index (χ0v) is 13.9. The Labute approximate surface area is 149 Å². The molecule has 1 saturated carbocycles. The van der Waals surface area contributed by atoms with Gasteiger partial charge in [0.25, 0.3) is 0 Å². The molecule has 132 valence electrons. The molecule has 0 bridgehead atoms. The predicted octanol–water partition coefficient (Wildman–Crippen LogP) is 3.83. The van der Waals surface area contributed by atoms with Crippen molar-refractivity contribution in [2.45, 2.75) is 18.9 Å². The van der Waals surface area contributed by atoms with Gasteiger partial charge in [0.15, 0.2) is 0 Å². The summed E-state index contributed by atoms with van der Waals surface area (Å²) in [6.45, 7) is 0. The summed E-state index contributed by atoms with van der Waals surface area (Å²) < 4.78 is 13.1. The summed E-state index contributed by atoms with van der Waals surface area (Å²) in [5.74, 6) is -0.516. The lowest BCUT2D eigenvalue weighted by molar-refractivity contribution is -0.126. The second-order valence-electron chi connectivity index (χ2n) is 6.53. The lowest BCUT2D eigenvalue weighted by atomic mass is 9.82. The van der Waals surface area contributed by atoms with Crippen molar-refractivity contribution in [3.8, 4) is 0 Å². The Bertz CT molecular complexity index is 953. The van der Waals surface area contributed by atoms with Crippen molar-refractivity contribution in [3.63, 3.8) is 0 Å². The van der Waals surface area contributed by atoms with Crippen molar-refractivity contribution >= 4 is 33.7 Å². The molecule has 0 saturated heterocycles. The van der Waals surface area contributed by atoms with E-state index in [4.69, 9.17) is 0 Å². The van der Waals surface area contributed by atoms with E-state index in [1.165, 1.54) is 12.1 Å². The average Bonchev–Trinajstić information content (AvgIpc) is 2.63. The SMILES string of the molecule is O=C(Nc1ccc(Nc2ccc(F)cc2)c2ccncc12)C1CC(O)C1. The summed E-state index contributed by atoms with van der Waals surface area (Å²) in [5, 5.41) is 17.3. The Morgan fingerprint density at radius 3 is 2.50 bits per heavy atom. The van der Waals surface area contributed by atoms with E-state index in [0.717, 1.165) is 22.1 Å². The number of fused-ring (bicyclic) bond motifs is 1. The minimum atomic E-state index is -0.369. The Morgan fingerprint density at radius 1 is 1.04 bits per heavy atom. The van der Waals surface area contributed by atoms with Gasteiger partial charge in [-0.15, -0.1) is 0 Å². The van der Waals surface area contributed by atoms with Crippen LogP contribution in [0.1, 0.15) is 12.8 Å². The van der Waals surface area contributed by atoms with Gasteiger partial charge in [0.05, 0.1) is 11.8 Å². The number of anilines is 3.